The molecule has 0 aliphatic carbocycles. The predicted molar refractivity (Wildman–Crippen MR) is 91.7 cm³/mol. The highest BCUT2D eigenvalue weighted by Gasteiger charge is 2.16. The summed E-state index contributed by atoms with van der Waals surface area (Å²) in [5, 5.41) is 3.89. The molecule has 0 spiro atoms. The Hall–Kier alpha value is -0.850. The van der Waals surface area contributed by atoms with E-state index in [-0.39, 0.29) is 5.91 Å². The second kappa shape index (κ2) is 5.74. The molecule has 0 aliphatic heterocycles. The maximum absolute atomic E-state index is 12.2. The molecule has 0 atom stereocenters. The van der Waals surface area contributed by atoms with Crippen molar-refractivity contribution in [2.75, 3.05) is 5.32 Å². The summed E-state index contributed by atoms with van der Waals surface area (Å²) in [7, 11) is 0. The van der Waals surface area contributed by atoms with Crippen molar-refractivity contribution in [2.24, 2.45) is 0 Å². The quantitative estimate of drug-likeness (QED) is 0.606. The van der Waals surface area contributed by atoms with Crippen molar-refractivity contribution in [3.05, 3.63) is 43.0 Å². The molecule has 3 rings (SSSR count). The maximum Gasteiger partial charge on any atom is 0.259 e. The molecule has 0 fully saturated rings. The molecule has 0 radical (unpaired) electrons. The van der Waals surface area contributed by atoms with Gasteiger partial charge in [-0.3, -0.25) is 10.1 Å². The minimum atomic E-state index is -0.328. The van der Waals surface area contributed by atoms with Crippen LogP contribution in [0.25, 0.3) is 10.2 Å². The van der Waals surface area contributed by atoms with Gasteiger partial charge >= 0.3 is 0 Å². The van der Waals surface area contributed by atoms with Crippen molar-refractivity contribution in [2.45, 2.75) is 6.92 Å². The summed E-state index contributed by atoms with van der Waals surface area (Å²) in [6.07, 6.45) is 0. The molecule has 3 nitrogen and oxygen atoms in total. The van der Waals surface area contributed by atoms with Crippen molar-refractivity contribution >= 4 is 78.7 Å². The SMILES string of the molecule is Cc1c(Cl)ccc2sc(NC(=O)c3cc(Cl)sc3Cl)nc12. The molecular weight excluding hydrogens is 371 g/mol. The zero-order chi connectivity index (χ0) is 15.1. The van der Waals surface area contributed by atoms with E-state index in [1.807, 2.05) is 19.1 Å². The first kappa shape index (κ1) is 15.1. The fourth-order valence-corrected chi connectivity index (χ4v) is 4.34. The first-order chi connectivity index (χ1) is 9.95. The standard InChI is InChI=1S/C13H7Cl3N2OS2/c1-5-7(14)2-3-8-10(5)17-13(20-8)18-12(19)6-4-9(15)21-11(6)16/h2-4H,1H3,(H,17,18,19). The van der Waals surface area contributed by atoms with Crippen LogP contribution in [0.5, 0.6) is 0 Å². The summed E-state index contributed by atoms with van der Waals surface area (Å²) in [6, 6.07) is 5.24. The third-order valence-corrected chi connectivity index (χ3v) is 5.70. The number of amides is 1. The largest absolute Gasteiger partial charge is 0.298 e. The second-order valence-corrected chi connectivity index (χ2v) is 7.95. The van der Waals surface area contributed by atoms with Crippen molar-refractivity contribution in [1.29, 1.82) is 0 Å². The van der Waals surface area contributed by atoms with Crippen LogP contribution >= 0.6 is 57.5 Å². The zero-order valence-electron chi connectivity index (χ0n) is 10.5. The molecule has 1 N–H and O–H groups in total. The third-order valence-electron chi connectivity index (χ3n) is 2.87. The van der Waals surface area contributed by atoms with Crippen LogP contribution in [0.2, 0.25) is 13.7 Å². The summed E-state index contributed by atoms with van der Waals surface area (Å²) >= 11 is 20.4. The van der Waals surface area contributed by atoms with E-state index in [2.05, 4.69) is 10.3 Å². The van der Waals surface area contributed by atoms with E-state index >= 15 is 0 Å². The Labute approximate surface area is 143 Å². The highest BCUT2D eigenvalue weighted by atomic mass is 35.5. The van der Waals surface area contributed by atoms with Gasteiger partial charge in [0.05, 0.1) is 20.1 Å². The Morgan fingerprint density at radius 2 is 2.00 bits per heavy atom. The van der Waals surface area contributed by atoms with Crippen LogP contribution in [0.1, 0.15) is 15.9 Å². The van der Waals surface area contributed by atoms with Crippen LogP contribution in [0.4, 0.5) is 5.13 Å². The van der Waals surface area contributed by atoms with Crippen LogP contribution in [0, 0.1) is 6.92 Å². The smallest absolute Gasteiger partial charge is 0.259 e. The first-order valence-electron chi connectivity index (χ1n) is 5.77. The van der Waals surface area contributed by atoms with Gasteiger partial charge in [-0.1, -0.05) is 46.1 Å². The van der Waals surface area contributed by atoms with Gasteiger partial charge in [-0.05, 0) is 30.7 Å². The summed E-state index contributed by atoms with van der Waals surface area (Å²) in [5.41, 5.74) is 2.03. The molecule has 3 aromatic rings. The Kier molecular flexibility index (Phi) is 4.12. The van der Waals surface area contributed by atoms with E-state index in [9.17, 15) is 4.79 Å². The molecule has 0 unspecified atom stereocenters. The van der Waals surface area contributed by atoms with Gasteiger partial charge in [0.1, 0.15) is 4.34 Å². The molecule has 0 saturated carbocycles. The molecule has 8 heteroatoms. The lowest BCUT2D eigenvalue weighted by Gasteiger charge is -1.99. The fraction of sp³-hybridized carbons (Fsp3) is 0.0769. The topological polar surface area (TPSA) is 42.0 Å². The van der Waals surface area contributed by atoms with Gasteiger partial charge in [-0.2, -0.15) is 0 Å². The summed E-state index contributed by atoms with van der Waals surface area (Å²) in [5.74, 6) is -0.328. The van der Waals surface area contributed by atoms with Gasteiger partial charge in [-0.15, -0.1) is 11.3 Å². The summed E-state index contributed by atoms with van der Waals surface area (Å²) in [4.78, 5) is 16.6. The van der Waals surface area contributed by atoms with E-state index in [1.54, 1.807) is 6.07 Å². The molecule has 0 saturated heterocycles. The Morgan fingerprint density at radius 1 is 1.24 bits per heavy atom. The van der Waals surface area contributed by atoms with E-state index in [0.29, 0.717) is 24.4 Å². The molecule has 108 valence electrons. The van der Waals surface area contributed by atoms with Crippen LogP contribution in [0.3, 0.4) is 0 Å². The number of nitrogens with zero attached hydrogens (tertiary/aromatic N) is 1. The first-order valence-corrected chi connectivity index (χ1v) is 8.54. The average Bonchev–Trinajstić information content (AvgIpc) is 2.97. The number of fused-ring (bicyclic) bond motifs is 1. The maximum atomic E-state index is 12.2. The van der Waals surface area contributed by atoms with E-state index in [1.165, 1.54) is 11.3 Å². The lowest BCUT2D eigenvalue weighted by atomic mass is 10.2. The average molecular weight is 378 g/mol. The lowest BCUT2D eigenvalue weighted by molar-refractivity contribution is 0.102. The highest BCUT2D eigenvalue weighted by Crippen LogP contribution is 2.34. The van der Waals surface area contributed by atoms with Gasteiger partial charge in [0.2, 0.25) is 0 Å². The molecule has 0 bridgehead atoms. The third kappa shape index (κ3) is 2.89. The van der Waals surface area contributed by atoms with Crippen LogP contribution < -0.4 is 5.32 Å². The minimum absolute atomic E-state index is 0.328. The van der Waals surface area contributed by atoms with Gasteiger partial charge < -0.3 is 0 Å². The predicted octanol–water partition coefficient (Wildman–Crippen LogP) is 5.88. The number of nitrogens with one attached hydrogen (secondary N) is 1. The Bertz CT molecular complexity index is 857. The van der Waals surface area contributed by atoms with E-state index in [0.717, 1.165) is 27.1 Å². The number of aryl methyl sites for hydroxylation is 1. The number of aromatic nitrogens is 1. The zero-order valence-corrected chi connectivity index (χ0v) is 14.4. The number of hydrogen-bond acceptors (Lipinski definition) is 4. The molecule has 21 heavy (non-hydrogen) atoms. The van der Waals surface area contributed by atoms with Gasteiger partial charge in [0.15, 0.2) is 5.13 Å². The number of rotatable bonds is 2. The fourth-order valence-electron chi connectivity index (χ4n) is 1.81. The number of thiophene rings is 1. The van der Waals surface area contributed by atoms with E-state index < -0.39 is 0 Å². The second-order valence-electron chi connectivity index (χ2n) is 4.23. The van der Waals surface area contributed by atoms with Crippen molar-refractivity contribution in [3.8, 4) is 0 Å². The number of hydrogen-bond donors (Lipinski definition) is 1. The molecular formula is C13H7Cl3N2OS2. The van der Waals surface area contributed by atoms with Crippen molar-refractivity contribution in [3.63, 3.8) is 0 Å². The molecule has 1 aromatic carbocycles. The lowest BCUT2D eigenvalue weighted by Crippen LogP contribution is -2.10. The normalized spacial score (nSPS) is 11.0. The molecule has 1 amide bonds. The van der Waals surface area contributed by atoms with Crippen molar-refractivity contribution in [1.82, 2.24) is 4.98 Å². The number of carbonyl (C=O) groups is 1. The Morgan fingerprint density at radius 3 is 2.67 bits per heavy atom. The Balaban J connectivity index is 1.93. The van der Waals surface area contributed by atoms with Gasteiger partial charge in [0.25, 0.3) is 5.91 Å². The molecule has 2 aromatic heterocycles. The minimum Gasteiger partial charge on any atom is -0.298 e. The van der Waals surface area contributed by atoms with Gasteiger partial charge in [0, 0.05) is 5.02 Å². The highest BCUT2D eigenvalue weighted by molar-refractivity contribution is 7.22. The number of anilines is 1. The van der Waals surface area contributed by atoms with Gasteiger partial charge in [-0.25, -0.2) is 4.98 Å². The monoisotopic (exact) mass is 376 g/mol. The number of carbonyl (C=O) groups excluding carboxylic acids is 1. The summed E-state index contributed by atoms with van der Waals surface area (Å²) in [6.45, 7) is 1.89. The summed E-state index contributed by atoms with van der Waals surface area (Å²) < 4.78 is 1.79. The van der Waals surface area contributed by atoms with Crippen LogP contribution in [-0.4, -0.2) is 10.9 Å². The molecule has 0 aliphatic rings. The number of thiazole rings is 1. The van der Waals surface area contributed by atoms with E-state index in [4.69, 9.17) is 34.8 Å². The number of halogens is 3. The number of benzene rings is 1. The van der Waals surface area contributed by atoms with Crippen LogP contribution in [0.15, 0.2) is 18.2 Å². The van der Waals surface area contributed by atoms with Crippen molar-refractivity contribution < 1.29 is 4.79 Å². The molecule has 2 heterocycles. The van der Waals surface area contributed by atoms with Crippen LogP contribution in [-0.2, 0) is 0 Å².